The highest BCUT2D eigenvalue weighted by atomic mass is 16.5. The number of carbonyl (C=O) groups excluding carboxylic acids is 1. The first-order valence-electron chi connectivity index (χ1n) is 6.79. The maximum Gasteiger partial charge on any atom is 0.236 e. The minimum absolute atomic E-state index is 0.000160. The van der Waals surface area contributed by atoms with E-state index in [2.05, 4.69) is 10.6 Å². The molecule has 0 saturated carbocycles. The van der Waals surface area contributed by atoms with Gasteiger partial charge in [-0.2, -0.15) is 0 Å². The molecule has 2 unspecified atom stereocenters. The SMILES string of the molecule is CCNC(=O)C(C)NC(C)c1ccc(OC)c(OC)c1. The summed E-state index contributed by atoms with van der Waals surface area (Å²) in [5.41, 5.74) is 1.04. The Kier molecular flexibility index (Phi) is 6.31. The number of methoxy groups -OCH3 is 2. The number of rotatable bonds is 7. The quantitative estimate of drug-likeness (QED) is 0.800. The first kappa shape index (κ1) is 16.3. The Morgan fingerprint density at radius 3 is 2.40 bits per heavy atom. The van der Waals surface area contributed by atoms with Gasteiger partial charge < -0.3 is 14.8 Å². The Labute approximate surface area is 120 Å². The standard InChI is InChI=1S/C15H24N2O3/c1-6-16-15(18)11(3)17-10(2)12-7-8-13(19-4)14(9-12)20-5/h7-11,17H,6H2,1-5H3,(H,16,18). The largest absolute Gasteiger partial charge is 0.493 e. The van der Waals surface area contributed by atoms with E-state index < -0.39 is 0 Å². The number of benzene rings is 1. The summed E-state index contributed by atoms with van der Waals surface area (Å²) in [6.07, 6.45) is 0. The molecule has 0 saturated heterocycles. The number of nitrogens with one attached hydrogen (secondary N) is 2. The lowest BCUT2D eigenvalue weighted by Gasteiger charge is -2.20. The molecule has 0 aromatic heterocycles. The maximum atomic E-state index is 11.7. The lowest BCUT2D eigenvalue weighted by molar-refractivity contribution is -0.122. The van der Waals surface area contributed by atoms with Crippen LogP contribution in [0.2, 0.25) is 0 Å². The van der Waals surface area contributed by atoms with Crippen molar-refractivity contribution in [2.45, 2.75) is 32.9 Å². The van der Waals surface area contributed by atoms with E-state index in [0.29, 0.717) is 18.0 Å². The zero-order valence-corrected chi connectivity index (χ0v) is 12.8. The second kappa shape index (κ2) is 7.75. The van der Waals surface area contributed by atoms with Crippen LogP contribution in [-0.4, -0.2) is 32.7 Å². The Morgan fingerprint density at radius 1 is 1.20 bits per heavy atom. The molecule has 1 aromatic carbocycles. The topological polar surface area (TPSA) is 59.6 Å². The summed E-state index contributed by atoms with van der Waals surface area (Å²) in [5, 5.41) is 6.06. The molecule has 0 fully saturated rings. The number of carbonyl (C=O) groups is 1. The van der Waals surface area contributed by atoms with Crippen LogP contribution in [0.5, 0.6) is 11.5 Å². The molecule has 5 heteroatoms. The highest BCUT2D eigenvalue weighted by Crippen LogP contribution is 2.29. The van der Waals surface area contributed by atoms with Gasteiger partial charge >= 0.3 is 0 Å². The third-order valence-electron chi connectivity index (χ3n) is 3.15. The second-order valence-corrected chi connectivity index (χ2v) is 4.62. The molecule has 0 aliphatic rings. The summed E-state index contributed by atoms with van der Waals surface area (Å²) in [4.78, 5) is 11.7. The molecular formula is C15H24N2O3. The highest BCUT2D eigenvalue weighted by molar-refractivity contribution is 5.81. The molecule has 20 heavy (non-hydrogen) atoms. The van der Waals surface area contributed by atoms with Crippen LogP contribution < -0.4 is 20.1 Å². The van der Waals surface area contributed by atoms with Crippen molar-refractivity contribution in [1.29, 1.82) is 0 Å². The summed E-state index contributed by atoms with van der Waals surface area (Å²) in [6, 6.07) is 5.53. The zero-order chi connectivity index (χ0) is 15.1. The van der Waals surface area contributed by atoms with Crippen molar-refractivity contribution in [3.8, 4) is 11.5 Å². The number of amides is 1. The van der Waals surface area contributed by atoms with Gasteiger partial charge in [0.2, 0.25) is 5.91 Å². The minimum Gasteiger partial charge on any atom is -0.493 e. The summed E-state index contributed by atoms with van der Waals surface area (Å²) >= 11 is 0. The molecule has 1 rings (SSSR count). The first-order chi connectivity index (χ1) is 9.53. The molecule has 0 aliphatic heterocycles. The molecule has 5 nitrogen and oxygen atoms in total. The van der Waals surface area contributed by atoms with Crippen molar-refractivity contribution in [3.63, 3.8) is 0 Å². The van der Waals surface area contributed by atoms with Crippen LogP contribution in [0.1, 0.15) is 32.4 Å². The van der Waals surface area contributed by atoms with Gasteiger partial charge in [0.05, 0.1) is 20.3 Å². The average Bonchev–Trinajstić information content (AvgIpc) is 2.46. The molecule has 0 radical (unpaired) electrons. The Balaban J connectivity index is 2.77. The minimum atomic E-state index is -0.252. The fourth-order valence-electron chi connectivity index (χ4n) is 2.00. The van der Waals surface area contributed by atoms with Crippen LogP contribution in [0.15, 0.2) is 18.2 Å². The zero-order valence-electron chi connectivity index (χ0n) is 12.8. The lowest BCUT2D eigenvalue weighted by atomic mass is 10.1. The van der Waals surface area contributed by atoms with Crippen molar-refractivity contribution >= 4 is 5.91 Å². The van der Waals surface area contributed by atoms with E-state index in [-0.39, 0.29) is 18.0 Å². The Morgan fingerprint density at radius 2 is 1.85 bits per heavy atom. The van der Waals surface area contributed by atoms with E-state index in [1.807, 2.05) is 39.0 Å². The van der Waals surface area contributed by atoms with E-state index in [9.17, 15) is 4.79 Å². The molecule has 0 heterocycles. The van der Waals surface area contributed by atoms with Crippen molar-refractivity contribution in [2.24, 2.45) is 0 Å². The van der Waals surface area contributed by atoms with E-state index in [1.165, 1.54) is 0 Å². The van der Waals surface area contributed by atoms with Crippen molar-refractivity contribution in [1.82, 2.24) is 10.6 Å². The van der Waals surface area contributed by atoms with Gasteiger partial charge in [0.15, 0.2) is 11.5 Å². The summed E-state index contributed by atoms with van der Waals surface area (Å²) in [5.74, 6) is 1.38. The fourth-order valence-corrected chi connectivity index (χ4v) is 2.00. The van der Waals surface area contributed by atoms with Crippen LogP contribution in [0.25, 0.3) is 0 Å². The maximum absolute atomic E-state index is 11.7. The summed E-state index contributed by atoms with van der Waals surface area (Å²) < 4.78 is 10.5. The van der Waals surface area contributed by atoms with Gasteiger partial charge in [-0.15, -0.1) is 0 Å². The van der Waals surface area contributed by atoms with Crippen LogP contribution in [0.3, 0.4) is 0 Å². The lowest BCUT2D eigenvalue weighted by Crippen LogP contribution is -2.43. The van der Waals surface area contributed by atoms with Crippen LogP contribution >= 0.6 is 0 Å². The van der Waals surface area contributed by atoms with Crippen LogP contribution in [0.4, 0.5) is 0 Å². The van der Waals surface area contributed by atoms with E-state index in [4.69, 9.17) is 9.47 Å². The molecular weight excluding hydrogens is 256 g/mol. The van der Waals surface area contributed by atoms with E-state index >= 15 is 0 Å². The predicted octanol–water partition coefficient (Wildman–Crippen LogP) is 1.88. The molecule has 1 amide bonds. The number of hydrogen-bond acceptors (Lipinski definition) is 4. The molecule has 0 bridgehead atoms. The van der Waals surface area contributed by atoms with Gasteiger partial charge in [-0.05, 0) is 38.5 Å². The summed E-state index contributed by atoms with van der Waals surface area (Å²) in [6.45, 7) is 6.40. The van der Waals surface area contributed by atoms with Gasteiger partial charge in [-0.3, -0.25) is 10.1 Å². The Bertz CT molecular complexity index is 449. The number of ether oxygens (including phenoxy) is 2. The highest BCUT2D eigenvalue weighted by Gasteiger charge is 2.16. The van der Waals surface area contributed by atoms with Crippen LogP contribution in [0, 0.1) is 0 Å². The molecule has 0 spiro atoms. The van der Waals surface area contributed by atoms with E-state index in [0.717, 1.165) is 5.56 Å². The monoisotopic (exact) mass is 280 g/mol. The second-order valence-electron chi connectivity index (χ2n) is 4.62. The molecule has 1 aromatic rings. The first-order valence-corrected chi connectivity index (χ1v) is 6.79. The smallest absolute Gasteiger partial charge is 0.236 e. The third kappa shape index (κ3) is 4.13. The van der Waals surface area contributed by atoms with Crippen molar-refractivity contribution < 1.29 is 14.3 Å². The van der Waals surface area contributed by atoms with Gasteiger partial charge in [0.25, 0.3) is 0 Å². The summed E-state index contributed by atoms with van der Waals surface area (Å²) in [7, 11) is 3.22. The number of likely N-dealkylation sites (N-methyl/N-ethyl adjacent to an activating group) is 1. The molecule has 112 valence electrons. The van der Waals surface area contributed by atoms with Gasteiger partial charge in [0, 0.05) is 12.6 Å². The normalized spacial score (nSPS) is 13.4. The molecule has 2 atom stereocenters. The fraction of sp³-hybridized carbons (Fsp3) is 0.533. The predicted molar refractivity (Wildman–Crippen MR) is 79.2 cm³/mol. The van der Waals surface area contributed by atoms with Gasteiger partial charge in [-0.25, -0.2) is 0 Å². The third-order valence-corrected chi connectivity index (χ3v) is 3.15. The van der Waals surface area contributed by atoms with Crippen LogP contribution in [-0.2, 0) is 4.79 Å². The number of hydrogen-bond donors (Lipinski definition) is 2. The van der Waals surface area contributed by atoms with Crippen molar-refractivity contribution in [3.05, 3.63) is 23.8 Å². The average molecular weight is 280 g/mol. The van der Waals surface area contributed by atoms with Gasteiger partial charge in [0.1, 0.15) is 0 Å². The molecule has 2 N–H and O–H groups in total. The Hall–Kier alpha value is -1.75. The van der Waals surface area contributed by atoms with Crippen molar-refractivity contribution in [2.75, 3.05) is 20.8 Å². The van der Waals surface area contributed by atoms with E-state index in [1.54, 1.807) is 14.2 Å². The molecule has 0 aliphatic carbocycles. The van der Waals surface area contributed by atoms with Gasteiger partial charge in [-0.1, -0.05) is 6.07 Å².